The minimum absolute atomic E-state index is 0.00741. The Morgan fingerprint density at radius 1 is 1.02 bits per heavy atom. The topological polar surface area (TPSA) is 125 Å². The highest BCUT2D eigenvalue weighted by Gasteiger charge is 2.47. The van der Waals surface area contributed by atoms with Crippen LogP contribution in [0, 0.1) is 5.92 Å². The van der Waals surface area contributed by atoms with E-state index in [1.807, 2.05) is 21.9 Å². The Kier molecular flexibility index (Phi) is 9.70. The number of benzene rings is 1. The number of ether oxygens (including phenoxy) is 2. The van der Waals surface area contributed by atoms with Gasteiger partial charge in [0.1, 0.15) is 0 Å². The van der Waals surface area contributed by atoms with E-state index >= 15 is 0 Å². The van der Waals surface area contributed by atoms with E-state index in [4.69, 9.17) is 9.47 Å². The van der Waals surface area contributed by atoms with E-state index in [1.165, 1.54) is 16.7 Å². The van der Waals surface area contributed by atoms with Crippen molar-refractivity contribution in [2.75, 3.05) is 60.7 Å². The summed E-state index contributed by atoms with van der Waals surface area (Å²) >= 11 is 0. The summed E-state index contributed by atoms with van der Waals surface area (Å²) in [5, 5.41) is 30.8. The van der Waals surface area contributed by atoms with Crippen LogP contribution < -0.4 is 9.47 Å². The molecule has 0 spiro atoms. The number of carboxylic acids is 1. The van der Waals surface area contributed by atoms with E-state index in [-0.39, 0.29) is 43.5 Å². The van der Waals surface area contributed by atoms with Crippen LogP contribution in [0.25, 0.3) is 0 Å². The van der Waals surface area contributed by atoms with Crippen molar-refractivity contribution in [2.24, 2.45) is 5.92 Å². The monoisotopic (exact) mass is 573 g/mol. The first-order valence-corrected chi connectivity index (χ1v) is 14.5. The first kappa shape index (κ1) is 30.5. The summed E-state index contributed by atoms with van der Waals surface area (Å²) < 4.78 is 13.2. The zero-order valence-corrected chi connectivity index (χ0v) is 24.7. The maximum absolute atomic E-state index is 13.7. The van der Waals surface area contributed by atoms with Crippen molar-refractivity contribution < 1.29 is 38.9 Å². The van der Waals surface area contributed by atoms with Gasteiger partial charge < -0.3 is 34.2 Å². The number of carbonyl (C=O) groups is 2. The van der Waals surface area contributed by atoms with Gasteiger partial charge in [0.2, 0.25) is 12.7 Å². The molecule has 0 radical (unpaired) electrons. The number of quaternary nitrogens is 1. The lowest BCUT2D eigenvalue weighted by atomic mass is 9.84. The SMILES string of the molecule is CCCCN(CCC[N+](C)(C)C)C(=O)CN1C[C@H](c2ccc3c(c2)OCO3)C(C(=O)O)[C@@H]1CCn1c(O)ccc1O. The van der Waals surface area contributed by atoms with Crippen LogP contribution in [0.4, 0.5) is 0 Å². The molecule has 0 saturated carbocycles. The van der Waals surface area contributed by atoms with Crippen LogP contribution in [0.5, 0.6) is 23.3 Å². The molecule has 1 aromatic heterocycles. The maximum Gasteiger partial charge on any atom is 0.308 e. The average molecular weight is 574 g/mol. The molecular weight excluding hydrogens is 528 g/mol. The lowest BCUT2D eigenvalue weighted by Gasteiger charge is -2.31. The molecule has 4 rings (SSSR count). The first-order valence-electron chi connectivity index (χ1n) is 14.5. The molecule has 226 valence electrons. The third-order valence-corrected chi connectivity index (χ3v) is 8.17. The van der Waals surface area contributed by atoms with Gasteiger partial charge in [0, 0.05) is 56.7 Å². The molecule has 0 bridgehead atoms. The standard InChI is InChI=1S/C30H44N4O7/c1-5-6-13-31(14-7-16-34(2,3)4)28(37)19-32-18-22(21-8-9-24-25(17-21)41-20-40-24)29(30(38)39)23(32)12-15-33-26(35)10-11-27(33)36/h8-11,17,22-23,29H,5-7,12-16,18-20H2,1-4H3,(H2-,35,36,38,39)/p+1/t22-,23+,29?/m1/s1. The number of aromatic hydroxyl groups is 2. The first-order chi connectivity index (χ1) is 19.5. The lowest BCUT2D eigenvalue weighted by molar-refractivity contribution is -0.870. The second-order valence-electron chi connectivity index (χ2n) is 12.2. The van der Waals surface area contributed by atoms with E-state index in [9.17, 15) is 24.9 Å². The van der Waals surface area contributed by atoms with Gasteiger partial charge in [-0.25, -0.2) is 0 Å². The normalized spacial score (nSPS) is 20.4. The molecule has 1 unspecified atom stereocenters. The van der Waals surface area contributed by atoms with E-state index in [0.717, 1.165) is 35.9 Å². The van der Waals surface area contributed by atoms with Crippen molar-refractivity contribution in [2.45, 2.75) is 51.1 Å². The Labute approximate surface area is 242 Å². The Morgan fingerprint density at radius 3 is 2.37 bits per heavy atom. The fourth-order valence-electron chi connectivity index (χ4n) is 5.99. The van der Waals surface area contributed by atoms with E-state index in [0.29, 0.717) is 37.6 Å². The minimum atomic E-state index is -0.945. The predicted octanol–water partition coefficient (Wildman–Crippen LogP) is 2.91. The van der Waals surface area contributed by atoms with Crippen LogP contribution in [0.1, 0.15) is 44.1 Å². The highest BCUT2D eigenvalue weighted by atomic mass is 16.7. The highest BCUT2D eigenvalue weighted by molar-refractivity contribution is 5.79. The molecule has 2 aliphatic rings. The fourth-order valence-corrected chi connectivity index (χ4v) is 5.99. The second kappa shape index (κ2) is 13.0. The third kappa shape index (κ3) is 7.45. The zero-order chi connectivity index (χ0) is 29.7. The maximum atomic E-state index is 13.7. The van der Waals surface area contributed by atoms with Gasteiger partial charge in [-0.15, -0.1) is 0 Å². The number of unbranched alkanes of at least 4 members (excludes halogenated alkanes) is 1. The molecule has 3 atom stereocenters. The molecule has 11 heteroatoms. The summed E-state index contributed by atoms with van der Waals surface area (Å²) in [5.74, 6) is -1.11. The van der Waals surface area contributed by atoms with Crippen molar-refractivity contribution in [1.82, 2.24) is 14.4 Å². The molecule has 3 N–H and O–H groups in total. The van der Waals surface area contributed by atoms with E-state index in [1.54, 1.807) is 6.07 Å². The van der Waals surface area contributed by atoms with Crippen LogP contribution >= 0.6 is 0 Å². The molecule has 2 aromatic rings. The largest absolute Gasteiger partial charge is 0.494 e. The Bertz CT molecular complexity index is 1190. The molecule has 1 fully saturated rings. The number of hydrogen-bond acceptors (Lipinski definition) is 7. The number of aromatic nitrogens is 1. The number of hydrogen-bond donors (Lipinski definition) is 3. The number of nitrogens with zero attached hydrogens (tertiary/aromatic N) is 4. The number of amides is 1. The van der Waals surface area contributed by atoms with Crippen molar-refractivity contribution in [3.8, 4) is 23.3 Å². The number of likely N-dealkylation sites (tertiary alicyclic amines) is 1. The van der Waals surface area contributed by atoms with Gasteiger partial charge in [-0.1, -0.05) is 19.4 Å². The summed E-state index contributed by atoms with van der Waals surface area (Å²) in [6, 6.07) is 7.82. The van der Waals surface area contributed by atoms with Gasteiger partial charge in [-0.05, 0) is 30.5 Å². The van der Waals surface area contributed by atoms with Gasteiger partial charge in [-0.3, -0.25) is 19.1 Å². The Balaban J connectivity index is 1.58. The molecule has 1 saturated heterocycles. The van der Waals surface area contributed by atoms with Gasteiger partial charge in [0.25, 0.3) is 0 Å². The summed E-state index contributed by atoms with van der Waals surface area (Å²) in [4.78, 5) is 30.4. The summed E-state index contributed by atoms with van der Waals surface area (Å²) in [6.07, 6.45) is 3.09. The fraction of sp³-hybridized carbons (Fsp3) is 0.600. The molecule has 11 nitrogen and oxygen atoms in total. The van der Waals surface area contributed by atoms with E-state index in [2.05, 4.69) is 28.1 Å². The lowest BCUT2D eigenvalue weighted by Crippen LogP contribution is -2.45. The van der Waals surface area contributed by atoms with Crippen LogP contribution in [-0.4, -0.2) is 113 Å². The van der Waals surface area contributed by atoms with Crippen molar-refractivity contribution >= 4 is 11.9 Å². The van der Waals surface area contributed by atoms with Gasteiger partial charge in [0.05, 0.1) is 40.2 Å². The molecule has 0 aliphatic carbocycles. The predicted molar refractivity (Wildman–Crippen MR) is 153 cm³/mol. The van der Waals surface area contributed by atoms with Crippen LogP contribution in [-0.2, 0) is 16.1 Å². The van der Waals surface area contributed by atoms with E-state index < -0.39 is 17.9 Å². The van der Waals surface area contributed by atoms with Gasteiger partial charge >= 0.3 is 5.97 Å². The van der Waals surface area contributed by atoms with Crippen LogP contribution in [0.15, 0.2) is 30.3 Å². The van der Waals surface area contributed by atoms with Gasteiger partial charge in [0.15, 0.2) is 23.3 Å². The number of aliphatic carboxylic acids is 1. The third-order valence-electron chi connectivity index (χ3n) is 8.17. The molecular formula is C30H45N4O7+. The molecule has 2 aliphatic heterocycles. The van der Waals surface area contributed by atoms with Crippen molar-refractivity contribution in [3.63, 3.8) is 0 Å². The summed E-state index contributed by atoms with van der Waals surface area (Å²) in [7, 11) is 6.40. The highest BCUT2D eigenvalue weighted by Crippen LogP contribution is 2.43. The molecule has 41 heavy (non-hydrogen) atoms. The molecule has 1 aromatic carbocycles. The Hall–Kier alpha value is -3.44. The molecule has 3 heterocycles. The van der Waals surface area contributed by atoms with Gasteiger partial charge in [-0.2, -0.15) is 0 Å². The quantitative estimate of drug-likeness (QED) is 0.295. The number of carboxylic acid groups (broad SMARTS) is 1. The van der Waals surface area contributed by atoms with Crippen molar-refractivity contribution in [3.05, 3.63) is 35.9 Å². The molecule has 1 amide bonds. The zero-order valence-electron chi connectivity index (χ0n) is 24.7. The van der Waals surface area contributed by atoms with Crippen molar-refractivity contribution in [1.29, 1.82) is 0 Å². The Morgan fingerprint density at radius 2 is 1.71 bits per heavy atom. The number of rotatable bonds is 14. The second-order valence-corrected chi connectivity index (χ2v) is 12.2. The number of fused-ring (bicyclic) bond motifs is 1. The summed E-state index contributed by atoms with van der Waals surface area (Å²) in [5.41, 5.74) is 0.819. The summed E-state index contributed by atoms with van der Waals surface area (Å²) in [6.45, 7) is 5.20. The number of carbonyl (C=O) groups excluding carboxylic acids is 1. The van der Waals surface area contributed by atoms with Crippen LogP contribution in [0.3, 0.4) is 0 Å². The smallest absolute Gasteiger partial charge is 0.308 e. The minimum Gasteiger partial charge on any atom is -0.494 e. The van der Waals surface area contributed by atoms with Crippen LogP contribution in [0.2, 0.25) is 0 Å². The average Bonchev–Trinajstić information content (AvgIpc) is 3.61.